The first-order valence-electron chi connectivity index (χ1n) is 10.9. The van der Waals surface area contributed by atoms with Gasteiger partial charge in [0.2, 0.25) is 0 Å². The van der Waals surface area contributed by atoms with Gasteiger partial charge in [0.15, 0.2) is 17.1 Å². The zero-order valence-electron chi connectivity index (χ0n) is 17.9. The van der Waals surface area contributed by atoms with Crippen molar-refractivity contribution in [2.24, 2.45) is 0 Å². The van der Waals surface area contributed by atoms with E-state index in [1.807, 2.05) is 12.1 Å². The zero-order chi connectivity index (χ0) is 22.2. The summed E-state index contributed by atoms with van der Waals surface area (Å²) in [5.41, 5.74) is 2.69. The SMILES string of the molecule is CCc1c2c(nc3cc4c(cc13)OCCO4)-c1cc3c(c(=O)n1C2)COC(=O)[C@]3(O)CC. The average molecular weight is 434 g/mol. The highest BCUT2D eigenvalue weighted by Gasteiger charge is 2.45. The molecule has 0 bridgehead atoms. The van der Waals surface area contributed by atoms with E-state index in [0.717, 1.165) is 28.5 Å². The van der Waals surface area contributed by atoms with Crippen molar-refractivity contribution in [1.82, 2.24) is 9.55 Å². The van der Waals surface area contributed by atoms with Gasteiger partial charge in [0.25, 0.3) is 5.56 Å². The summed E-state index contributed by atoms with van der Waals surface area (Å²) in [5.74, 6) is 0.633. The molecule has 3 aromatic rings. The summed E-state index contributed by atoms with van der Waals surface area (Å²) in [4.78, 5) is 30.6. The summed E-state index contributed by atoms with van der Waals surface area (Å²) in [5, 5.41) is 12.0. The van der Waals surface area contributed by atoms with Crippen molar-refractivity contribution >= 4 is 16.9 Å². The fraction of sp³-hybridized carbons (Fsp3) is 0.375. The third kappa shape index (κ3) is 2.38. The Labute approximate surface area is 183 Å². The molecule has 1 aromatic carbocycles. The molecule has 0 amide bonds. The lowest BCUT2D eigenvalue weighted by molar-refractivity contribution is -0.172. The summed E-state index contributed by atoms with van der Waals surface area (Å²) in [7, 11) is 0. The highest BCUT2D eigenvalue weighted by molar-refractivity contribution is 5.91. The highest BCUT2D eigenvalue weighted by atomic mass is 16.6. The number of cyclic esters (lactones) is 1. The van der Waals surface area contributed by atoms with Gasteiger partial charge in [0, 0.05) is 22.6 Å². The van der Waals surface area contributed by atoms with Crippen LogP contribution in [0, 0.1) is 0 Å². The molecule has 0 unspecified atom stereocenters. The number of aryl methyl sites for hydroxylation is 1. The van der Waals surface area contributed by atoms with Crippen LogP contribution >= 0.6 is 0 Å². The molecule has 8 heteroatoms. The Morgan fingerprint density at radius 2 is 1.81 bits per heavy atom. The quantitative estimate of drug-likeness (QED) is 0.484. The molecule has 0 saturated heterocycles. The fourth-order valence-electron chi connectivity index (χ4n) is 5.10. The number of fused-ring (bicyclic) bond motifs is 6. The van der Waals surface area contributed by atoms with E-state index in [9.17, 15) is 14.7 Å². The maximum absolute atomic E-state index is 13.4. The van der Waals surface area contributed by atoms with E-state index in [-0.39, 0.29) is 18.6 Å². The lowest BCUT2D eigenvalue weighted by Gasteiger charge is -2.31. The molecule has 32 heavy (non-hydrogen) atoms. The molecule has 0 fully saturated rings. The van der Waals surface area contributed by atoms with Gasteiger partial charge in [0.05, 0.1) is 29.0 Å². The first kappa shape index (κ1) is 19.3. The van der Waals surface area contributed by atoms with Crippen molar-refractivity contribution in [2.45, 2.75) is 45.4 Å². The minimum absolute atomic E-state index is 0.115. The zero-order valence-corrected chi connectivity index (χ0v) is 17.9. The molecule has 5 heterocycles. The average Bonchev–Trinajstić information content (AvgIpc) is 3.17. The molecule has 8 nitrogen and oxygen atoms in total. The van der Waals surface area contributed by atoms with Gasteiger partial charge in [-0.2, -0.15) is 0 Å². The number of benzene rings is 1. The fourth-order valence-corrected chi connectivity index (χ4v) is 5.10. The second kappa shape index (κ2) is 6.56. The number of aliphatic hydroxyl groups is 1. The molecule has 0 radical (unpaired) electrons. The Balaban J connectivity index is 1.64. The first-order valence-corrected chi connectivity index (χ1v) is 10.9. The van der Waals surface area contributed by atoms with Gasteiger partial charge >= 0.3 is 5.97 Å². The van der Waals surface area contributed by atoms with Gasteiger partial charge in [-0.3, -0.25) is 4.79 Å². The smallest absolute Gasteiger partial charge is 0.343 e. The summed E-state index contributed by atoms with van der Waals surface area (Å²) < 4.78 is 18.3. The number of ether oxygens (including phenoxy) is 3. The van der Waals surface area contributed by atoms with Crippen LogP contribution in [0.25, 0.3) is 22.3 Å². The van der Waals surface area contributed by atoms with Gasteiger partial charge < -0.3 is 23.9 Å². The number of aromatic nitrogens is 2. The number of pyridine rings is 2. The van der Waals surface area contributed by atoms with Crippen LogP contribution in [0.15, 0.2) is 23.0 Å². The van der Waals surface area contributed by atoms with Gasteiger partial charge in [0.1, 0.15) is 19.8 Å². The van der Waals surface area contributed by atoms with Gasteiger partial charge in [-0.05, 0) is 30.5 Å². The van der Waals surface area contributed by atoms with Crippen LogP contribution in [0.3, 0.4) is 0 Å². The molecular formula is C24H22N2O6. The normalized spacial score (nSPS) is 20.5. The Morgan fingerprint density at radius 3 is 2.53 bits per heavy atom. The standard InChI is InChI=1S/C24H22N2O6/c1-3-12-13-7-19-20(31-6-5-30-19)9-17(13)25-21-14(12)10-26-18(21)8-16-15(22(26)27)11-32-23(28)24(16,29)4-2/h7-9,29H,3-6,10-11H2,1-2H3/t24-/m0/s1. The van der Waals surface area contributed by atoms with Crippen LogP contribution < -0.4 is 15.0 Å². The van der Waals surface area contributed by atoms with E-state index in [1.165, 1.54) is 0 Å². The van der Waals surface area contributed by atoms with Crippen molar-refractivity contribution in [3.05, 3.63) is 50.8 Å². The Bertz CT molecular complexity index is 1390. The third-order valence-electron chi connectivity index (χ3n) is 6.82. The van der Waals surface area contributed by atoms with E-state index < -0.39 is 11.6 Å². The Morgan fingerprint density at radius 1 is 1.06 bits per heavy atom. The highest BCUT2D eigenvalue weighted by Crippen LogP contribution is 2.42. The molecular weight excluding hydrogens is 412 g/mol. The van der Waals surface area contributed by atoms with Crippen LogP contribution in [0.1, 0.15) is 42.5 Å². The number of rotatable bonds is 2. The Kier molecular flexibility index (Phi) is 3.96. The van der Waals surface area contributed by atoms with E-state index in [4.69, 9.17) is 19.2 Å². The largest absolute Gasteiger partial charge is 0.486 e. The van der Waals surface area contributed by atoms with E-state index in [0.29, 0.717) is 53.8 Å². The lowest BCUT2D eigenvalue weighted by Crippen LogP contribution is -2.44. The van der Waals surface area contributed by atoms with Crippen LogP contribution in [0.2, 0.25) is 0 Å². The number of carbonyl (C=O) groups excluding carboxylic acids is 1. The van der Waals surface area contributed by atoms with Crippen LogP contribution in [-0.4, -0.2) is 33.8 Å². The summed E-state index contributed by atoms with van der Waals surface area (Å²) >= 11 is 0. The number of hydrogen-bond donors (Lipinski definition) is 1. The molecule has 0 spiro atoms. The van der Waals surface area contributed by atoms with Gasteiger partial charge in [-0.1, -0.05) is 13.8 Å². The maximum Gasteiger partial charge on any atom is 0.343 e. The number of esters is 1. The first-order chi connectivity index (χ1) is 15.5. The van der Waals surface area contributed by atoms with Crippen LogP contribution in [0.5, 0.6) is 11.5 Å². The van der Waals surface area contributed by atoms with Crippen molar-refractivity contribution in [1.29, 1.82) is 0 Å². The molecule has 1 N–H and O–H groups in total. The molecule has 0 saturated carbocycles. The molecule has 1 atom stereocenters. The number of hydrogen-bond acceptors (Lipinski definition) is 7. The molecule has 2 aromatic heterocycles. The van der Waals surface area contributed by atoms with E-state index in [2.05, 4.69) is 6.92 Å². The second-order valence-electron chi connectivity index (χ2n) is 8.39. The predicted octanol–water partition coefficient (Wildman–Crippen LogP) is 2.41. The summed E-state index contributed by atoms with van der Waals surface area (Å²) in [6.45, 7) is 5.01. The monoisotopic (exact) mass is 434 g/mol. The topological polar surface area (TPSA) is 99.9 Å². The van der Waals surface area contributed by atoms with Crippen molar-refractivity contribution in [3.8, 4) is 22.9 Å². The molecule has 6 rings (SSSR count). The lowest BCUT2D eigenvalue weighted by atomic mass is 9.86. The third-order valence-corrected chi connectivity index (χ3v) is 6.82. The molecule has 0 aliphatic carbocycles. The Hall–Kier alpha value is -3.39. The number of nitrogens with zero attached hydrogens (tertiary/aromatic N) is 2. The number of carbonyl (C=O) groups is 1. The maximum atomic E-state index is 13.4. The van der Waals surface area contributed by atoms with Crippen molar-refractivity contribution in [2.75, 3.05) is 13.2 Å². The van der Waals surface area contributed by atoms with Crippen molar-refractivity contribution in [3.63, 3.8) is 0 Å². The van der Waals surface area contributed by atoms with Crippen LogP contribution in [0.4, 0.5) is 0 Å². The minimum Gasteiger partial charge on any atom is -0.486 e. The predicted molar refractivity (Wildman–Crippen MR) is 115 cm³/mol. The second-order valence-corrected chi connectivity index (χ2v) is 8.39. The minimum atomic E-state index is -1.83. The van der Waals surface area contributed by atoms with Crippen LogP contribution in [-0.2, 0) is 34.7 Å². The molecule has 3 aliphatic rings. The van der Waals surface area contributed by atoms with Crippen molar-refractivity contribution < 1.29 is 24.1 Å². The summed E-state index contributed by atoms with van der Waals surface area (Å²) in [6.07, 6.45) is 0.868. The van der Waals surface area contributed by atoms with Gasteiger partial charge in [-0.25, -0.2) is 9.78 Å². The van der Waals surface area contributed by atoms with E-state index >= 15 is 0 Å². The van der Waals surface area contributed by atoms with E-state index in [1.54, 1.807) is 17.6 Å². The summed E-state index contributed by atoms with van der Waals surface area (Å²) in [6, 6.07) is 5.58. The van der Waals surface area contributed by atoms with Gasteiger partial charge in [-0.15, -0.1) is 0 Å². The molecule has 164 valence electrons. The molecule has 3 aliphatic heterocycles.